The molecule has 62 heavy (non-hydrogen) atoms. The van der Waals surface area contributed by atoms with Crippen LogP contribution in [0.25, 0.3) is 89.2 Å². The maximum Gasteiger partial charge on any atom is 0.160 e. The molecule has 4 bridgehead atoms. The molecule has 296 valence electrons. The first-order valence-corrected chi connectivity index (χ1v) is 22.7. The van der Waals surface area contributed by atoms with Crippen LogP contribution in [0.1, 0.15) is 43.2 Å². The molecule has 0 aliphatic heterocycles. The van der Waals surface area contributed by atoms with Crippen molar-refractivity contribution in [3.05, 3.63) is 205 Å². The number of nitrogens with zero attached hydrogens (tertiary/aromatic N) is 2. The fourth-order valence-corrected chi connectivity index (χ4v) is 13.0. The topological polar surface area (TPSA) is 25.8 Å². The van der Waals surface area contributed by atoms with Gasteiger partial charge < -0.3 is 0 Å². The van der Waals surface area contributed by atoms with Gasteiger partial charge in [-0.1, -0.05) is 176 Å². The molecule has 9 aromatic rings. The highest BCUT2D eigenvalue weighted by molar-refractivity contribution is 6.01. The Balaban J connectivity index is 0.937. The summed E-state index contributed by atoms with van der Waals surface area (Å²) < 4.78 is 0. The van der Waals surface area contributed by atoms with Crippen LogP contribution in [0.5, 0.6) is 0 Å². The molecule has 5 aliphatic carbocycles. The van der Waals surface area contributed by atoms with Crippen molar-refractivity contribution in [1.82, 2.24) is 9.97 Å². The van der Waals surface area contributed by atoms with Crippen molar-refractivity contribution in [2.24, 2.45) is 23.7 Å². The normalized spacial score (nSPS) is 21.6. The van der Waals surface area contributed by atoms with E-state index in [1.807, 2.05) is 6.07 Å². The Morgan fingerprint density at radius 3 is 1.55 bits per heavy atom. The monoisotopic (exact) mass is 794 g/mol. The third-order valence-corrected chi connectivity index (χ3v) is 15.3. The second kappa shape index (κ2) is 14.1. The molecule has 0 saturated heterocycles. The molecule has 0 amide bonds. The number of fused-ring (bicyclic) bond motifs is 4. The van der Waals surface area contributed by atoms with E-state index >= 15 is 0 Å². The van der Waals surface area contributed by atoms with E-state index in [0.29, 0.717) is 0 Å². The van der Waals surface area contributed by atoms with Gasteiger partial charge in [-0.05, 0) is 140 Å². The van der Waals surface area contributed by atoms with Crippen molar-refractivity contribution in [3.8, 4) is 78.4 Å². The van der Waals surface area contributed by atoms with E-state index in [4.69, 9.17) is 9.97 Å². The Bertz CT molecular complexity index is 3150. The van der Waals surface area contributed by atoms with Gasteiger partial charge in [-0.25, -0.2) is 9.97 Å². The Hall–Kier alpha value is -6.90. The van der Waals surface area contributed by atoms with Crippen molar-refractivity contribution in [3.63, 3.8) is 0 Å². The van der Waals surface area contributed by atoms with E-state index in [1.165, 1.54) is 81.8 Å². The highest BCUT2D eigenvalue weighted by Crippen LogP contribution is 2.70. The Kier molecular flexibility index (Phi) is 8.13. The lowest BCUT2D eigenvalue weighted by atomic mass is 9.43. The number of benzene rings is 8. The third kappa shape index (κ3) is 5.49. The molecule has 0 unspecified atom stereocenters. The second-order valence-corrected chi connectivity index (χ2v) is 18.5. The zero-order valence-corrected chi connectivity index (χ0v) is 34.7. The first kappa shape index (κ1) is 35.8. The number of hydrogen-bond donors (Lipinski definition) is 0. The molecule has 4 fully saturated rings. The third-order valence-electron chi connectivity index (χ3n) is 15.3. The van der Waals surface area contributed by atoms with Gasteiger partial charge in [0.2, 0.25) is 0 Å². The summed E-state index contributed by atoms with van der Waals surface area (Å²) in [5.74, 6) is 3.97. The second-order valence-electron chi connectivity index (χ2n) is 18.5. The molecule has 2 heteroatoms. The predicted molar refractivity (Wildman–Crippen MR) is 255 cm³/mol. The van der Waals surface area contributed by atoms with Gasteiger partial charge in [-0.2, -0.15) is 0 Å². The lowest BCUT2D eigenvalue weighted by Gasteiger charge is -2.61. The van der Waals surface area contributed by atoms with Crippen LogP contribution in [0.4, 0.5) is 0 Å². The zero-order chi connectivity index (χ0) is 40.8. The summed E-state index contributed by atoms with van der Waals surface area (Å²) in [7, 11) is 0. The number of hydrogen-bond acceptors (Lipinski definition) is 2. The van der Waals surface area contributed by atoms with E-state index in [2.05, 4.69) is 188 Å². The van der Waals surface area contributed by atoms with Gasteiger partial charge >= 0.3 is 0 Å². The van der Waals surface area contributed by atoms with Gasteiger partial charge in [0.1, 0.15) is 0 Å². The van der Waals surface area contributed by atoms with E-state index < -0.39 is 0 Å². The van der Waals surface area contributed by atoms with E-state index in [1.54, 1.807) is 11.1 Å². The van der Waals surface area contributed by atoms with Gasteiger partial charge in [-0.3, -0.25) is 0 Å². The molecule has 0 N–H and O–H groups in total. The average Bonchev–Trinajstić information content (AvgIpc) is 3.62. The average molecular weight is 795 g/mol. The molecule has 5 aliphatic rings. The van der Waals surface area contributed by atoms with Crippen molar-refractivity contribution < 1.29 is 0 Å². The maximum atomic E-state index is 5.21. The molecule has 0 atom stereocenters. The molecule has 14 rings (SSSR count). The summed E-state index contributed by atoms with van der Waals surface area (Å²) in [4.78, 5) is 10.4. The predicted octanol–water partition coefficient (Wildman–Crippen LogP) is 15.4. The lowest BCUT2D eigenvalue weighted by Crippen LogP contribution is -2.55. The molecule has 1 spiro atoms. The molecule has 0 radical (unpaired) electrons. The van der Waals surface area contributed by atoms with Gasteiger partial charge in [-0.15, -0.1) is 0 Å². The first-order chi connectivity index (χ1) is 30.7. The van der Waals surface area contributed by atoms with Gasteiger partial charge in [0.05, 0.1) is 11.4 Å². The standard InChI is InChI=1S/C60H46N2/c1-3-14-40(15-4-1)49-21-10-12-23-51(49)57-37-56(61-59(62-57)43-16-5-2-6-17-43)42-28-26-41(27-29-42)48-20-9-11-22-50(48)52-24-13-25-54-58(52)53-35-44-18-7-8-19-45(44)36-55(53)60(54)46-31-38-30-39(33-46)34-47(60)32-38/h1-29,35-39,46-47H,30-34H2. The van der Waals surface area contributed by atoms with Crippen LogP contribution in [0.2, 0.25) is 0 Å². The van der Waals surface area contributed by atoms with E-state index in [0.717, 1.165) is 63.1 Å². The molecule has 2 nitrogen and oxygen atoms in total. The first-order valence-electron chi connectivity index (χ1n) is 22.7. The quantitative estimate of drug-likeness (QED) is 0.168. The Labute approximate surface area is 364 Å². The Morgan fingerprint density at radius 2 is 0.855 bits per heavy atom. The van der Waals surface area contributed by atoms with Crippen LogP contribution >= 0.6 is 0 Å². The summed E-state index contributed by atoms with van der Waals surface area (Å²) >= 11 is 0. The lowest BCUT2D eigenvalue weighted by molar-refractivity contribution is -0.0398. The zero-order valence-electron chi connectivity index (χ0n) is 34.7. The number of rotatable bonds is 6. The van der Waals surface area contributed by atoms with Gasteiger partial charge in [0, 0.05) is 22.1 Å². The summed E-state index contributed by atoms with van der Waals surface area (Å²) in [6, 6.07) is 71.3. The molecular formula is C60H46N2. The SMILES string of the molecule is c1ccc(-c2nc(-c3ccc(-c4ccccc4-c4cccc5c4-c4cc6ccccc6cc4C54C5CC6CC(C5)CC4C6)cc3)cc(-c3ccccc3-c3ccccc3)n2)cc1. The van der Waals surface area contributed by atoms with Crippen LogP contribution in [-0.4, -0.2) is 9.97 Å². The van der Waals surface area contributed by atoms with Crippen LogP contribution < -0.4 is 0 Å². The van der Waals surface area contributed by atoms with Crippen LogP contribution in [0.15, 0.2) is 194 Å². The van der Waals surface area contributed by atoms with E-state index in [9.17, 15) is 0 Å². The van der Waals surface area contributed by atoms with Crippen LogP contribution in [-0.2, 0) is 5.41 Å². The minimum atomic E-state index is 0.103. The van der Waals surface area contributed by atoms with Crippen molar-refractivity contribution in [2.45, 2.75) is 37.5 Å². The van der Waals surface area contributed by atoms with Gasteiger partial charge in [0.25, 0.3) is 0 Å². The summed E-state index contributed by atoms with van der Waals surface area (Å²) in [5.41, 5.74) is 18.7. The fraction of sp³-hybridized carbons (Fsp3) is 0.167. The smallest absolute Gasteiger partial charge is 0.160 e. The summed E-state index contributed by atoms with van der Waals surface area (Å²) in [5, 5.41) is 2.71. The summed E-state index contributed by atoms with van der Waals surface area (Å²) in [6.45, 7) is 0. The molecular weight excluding hydrogens is 749 g/mol. The molecule has 8 aromatic carbocycles. The highest BCUT2D eigenvalue weighted by Gasteiger charge is 2.61. The minimum absolute atomic E-state index is 0.103. The van der Waals surface area contributed by atoms with Gasteiger partial charge in [0.15, 0.2) is 5.82 Å². The van der Waals surface area contributed by atoms with E-state index in [-0.39, 0.29) is 5.41 Å². The van der Waals surface area contributed by atoms with Crippen molar-refractivity contribution in [2.75, 3.05) is 0 Å². The molecule has 1 heterocycles. The van der Waals surface area contributed by atoms with Crippen molar-refractivity contribution in [1.29, 1.82) is 0 Å². The van der Waals surface area contributed by atoms with Crippen LogP contribution in [0.3, 0.4) is 0 Å². The van der Waals surface area contributed by atoms with Crippen LogP contribution in [0, 0.1) is 23.7 Å². The molecule has 4 saturated carbocycles. The fourth-order valence-electron chi connectivity index (χ4n) is 13.0. The highest BCUT2D eigenvalue weighted by atomic mass is 14.9. The Morgan fingerprint density at radius 1 is 0.339 bits per heavy atom. The number of aromatic nitrogens is 2. The maximum absolute atomic E-state index is 5.21. The molecule has 1 aromatic heterocycles. The summed E-state index contributed by atoms with van der Waals surface area (Å²) in [6.07, 6.45) is 6.98. The largest absolute Gasteiger partial charge is 0.228 e. The van der Waals surface area contributed by atoms with Crippen molar-refractivity contribution >= 4 is 10.8 Å². The minimum Gasteiger partial charge on any atom is -0.228 e.